The maximum atomic E-state index is 13.2. The van der Waals surface area contributed by atoms with E-state index in [1.54, 1.807) is 6.07 Å². The van der Waals surface area contributed by atoms with Gasteiger partial charge in [0, 0.05) is 31.9 Å². The first-order chi connectivity index (χ1) is 14.8. The summed E-state index contributed by atoms with van der Waals surface area (Å²) in [6.07, 6.45) is 8.36. The number of carbonyl (C=O) groups is 1. The van der Waals surface area contributed by atoms with Crippen molar-refractivity contribution in [3.8, 4) is 10.7 Å². The summed E-state index contributed by atoms with van der Waals surface area (Å²) in [6.45, 7) is 5.26. The molecule has 1 aliphatic heterocycles. The number of aromatic nitrogens is 2. The number of sulfonamides is 1. The van der Waals surface area contributed by atoms with Crippen molar-refractivity contribution < 1.29 is 13.2 Å². The minimum absolute atomic E-state index is 0.00217. The molecular formula is C22H32N4O3S2. The molecule has 0 spiro atoms. The van der Waals surface area contributed by atoms with E-state index >= 15 is 0 Å². The fourth-order valence-electron chi connectivity index (χ4n) is 4.60. The first kappa shape index (κ1) is 22.5. The van der Waals surface area contributed by atoms with Crippen molar-refractivity contribution >= 4 is 27.3 Å². The maximum Gasteiger partial charge on any atom is 0.265 e. The van der Waals surface area contributed by atoms with Crippen LogP contribution in [-0.2, 0) is 17.1 Å². The number of rotatable bonds is 5. The number of thiazole rings is 1. The zero-order valence-electron chi connectivity index (χ0n) is 18.6. The van der Waals surface area contributed by atoms with Crippen molar-refractivity contribution in [1.82, 2.24) is 19.2 Å². The fraction of sp³-hybridized carbons (Fsp3) is 0.636. The Kier molecular flexibility index (Phi) is 6.55. The van der Waals surface area contributed by atoms with Gasteiger partial charge in [0.1, 0.15) is 14.8 Å². The summed E-state index contributed by atoms with van der Waals surface area (Å²) in [5.41, 5.74) is 2.11. The Hall–Kier alpha value is -1.71. The predicted octanol–water partition coefficient (Wildman–Crippen LogP) is 4.00. The second-order valence-electron chi connectivity index (χ2n) is 8.78. The zero-order valence-corrected chi connectivity index (χ0v) is 20.2. The normalized spacial score (nSPS) is 18.5. The Morgan fingerprint density at radius 3 is 2.39 bits per heavy atom. The molecule has 31 heavy (non-hydrogen) atoms. The lowest BCUT2D eigenvalue weighted by atomic mass is 10.1. The van der Waals surface area contributed by atoms with Crippen LogP contribution in [0.15, 0.2) is 11.0 Å². The Morgan fingerprint density at radius 1 is 1.10 bits per heavy atom. The molecule has 0 radical (unpaired) electrons. The fourth-order valence-corrected chi connectivity index (χ4v) is 7.28. The SMILES string of the molecule is Cc1nc(-c2cc(S(=O)(=O)NC3CCCCCC3)c(C)n2C)sc1C(=O)N1CCCC1. The highest BCUT2D eigenvalue weighted by Crippen LogP contribution is 2.33. The van der Waals surface area contributed by atoms with Crippen LogP contribution in [0.25, 0.3) is 10.7 Å². The molecule has 7 nitrogen and oxygen atoms in total. The van der Waals surface area contributed by atoms with Crippen molar-refractivity contribution in [1.29, 1.82) is 0 Å². The average Bonchev–Trinajstić information content (AvgIpc) is 3.40. The third kappa shape index (κ3) is 4.59. The van der Waals surface area contributed by atoms with Crippen LogP contribution in [0.1, 0.15) is 72.4 Å². The number of carbonyl (C=O) groups excluding carboxylic acids is 1. The van der Waals surface area contributed by atoms with Crippen molar-refractivity contribution in [3.63, 3.8) is 0 Å². The number of nitrogens with one attached hydrogen (secondary N) is 1. The summed E-state index contributed by atoms with van der Waals surface area (Å²) < 4.78 is 31.2. The second-order valence-corrected chi connectivity index (χ2v) is 11.5. The zero-order chi connectivity index (χ0) is 22.2. The smallest absolute Gasteiger partial charge is 0.265 e. The number of nitrogens with zero attached hydrogens (tertiary/aromatic N) is 3. The van der Waals surface area contributed by atoms with Crippen molar-refractivity contribution in [3.05, 3.63) is 22.3 Å². The average molecular weight is 465 g/mol. The maximum absolute atomic E-state index is 13.2. The van der Waals surface area contributed by atoms with Gasteiger partial charge in [-0.15, -0.1) is 11.3 Å². The van der Waals surface area contributed by atoms with E-state index in [4.69, 9.17) is 0 Å². The van der Waals surface area contributed by atoms with E-state index in [0.29, 0.717) is 26.2 Å². The molecule has 0 unspecified atom stereocenters. The van der Waals surface area contributed by atoms with E-state index in [0.717, 1.165) is 57.3 Å². The van der Waals surface area contributed by atoms with Gasteiger partial charge in [-0.25, -0.2) is 18.1 Å². The number of hydrogen-bond acceptors (Lipinski definition) is 5. The van der Waals surface area contributed by atoms with Gasteiger partial charge < -0.3 is 9.47 Å². The molecule has 1 amide bonds. The predicted molar refractivity (Wildman–Crippen MR) is 123 cm³/mol. The van der Waals surface area contributed by atoms with E-state index < -0.39 is 10.0 Å². The molecule has 0 bridgehead atoms. The van der Waals surface area contributed by atoms with Crippen LogP contribution in [0, 0.1) is 13.8 Å². The molecule has 9 heteroatoms. The monoisotopic (exact) mass is 464 g/mol. The summed E-state index contributed by atoms with van der Waals surface area (Å²) in [5.74, 6) is 0.0348. The molecule has 170 valence electrons. The van der Waals surface area contributed by atoms with Gasteiger partial charge in [-0.3, -0.25) is 4.79 Å². The lowest BCUT2D eigenvalue weighted by Gasteiger charge is -2.16. The number of amides is 1. The van der Waals surface area contributed by atoms with Crippen LogP contribution >= 0.6 is 11.3 Å². The summed E-state index contributed by atoms with van der Waals surface area (Å²) in [4.78, 5) is 20.3. The molecule has 1 N–H and O–H groups in total. The number of aryl methyl sites for hydroxylation is 1. The molecule has 4 rings (SSSR count). The first-order valence-electron chi connectivity index (χ1n) is 11.2. The van der Waals surface area contributed by atoms with Crippen LogP contribution < -0.4 is 4.72 Å². The molecule has 1 saturated carbocycles. The van der Waals surface area contributed by atoms with Crippen LogP contribution in [0.2, 0.25) is 0 Å². The minimum atomic E-state index is -3.62. The van der Waals surface area contributed by atoms with Crippen molar-refractivity contribution in [2.45, 2.75) is 76.2 Å². The molecule has 1 saturated heterocycles. The molecule has 0 atom stereocenters. The lowest BCUT2D eigenvalue weighted by molar-refractivity contribution is 0.0796. The highest BCUT2D eigenvalue weighted by Gasteiger charge is 2.28. The van der Waals surface area contributed by atoms with Crippen LogP contribution in [0.4, 0.5) is 0 Å². The Bertz CT molecular complexity index is 1060. The van der Waals surface area contributed by atoms with Gasteiger partial charge in [-0.1, -0.05) is 25.7 Å². The molecule has 2 aliphatic rings. The molecule has 0 aromatic carbocycles. The molecule has 2 aromatic heterocycles. The first-order valence-corrected chi connectivity index (χ1v) is 13.5. The Balaban J connectivity index is 1.62. The van der Waals surface area contributed by atoms with E-state index in [1.165, 1.54) is 24.2 Å². The van der Waals surface area contributed by atoms with Gasteiger partial charge in [0.2, 0.25) is 10.0 Å². The molecule has 1 aliphatic carbocycles. The summed E-state index contributed by atoms with van der Waals surface area (Å²) in [5, 5.41) is 0.682. The van der Waals surface area contributed by atoms with E-state index in [2.05, 4.69) is 9.71 Å². The van der Waals surface area contributed by atoms with Crippen LogP contribution in [-0.4, -0.2) is 47.9 Å². The highest BCUT2D eigenvalue weighted by molar-refractivity contribution is 7.89. The van der Waals surface area contributed by atoms with Gasteiger partial charge >= 0.3 is 0 Å². The van der Waals surface area contributed by atoms with Crippen molar-refractivity contribution in [2.24, 2.45) is 7.05 Å². The minimum Gasteiger partial charge on any atom is -0.345 e. The van der Waals surface area contributed by atoms with Crippen molar-refractivity contribution in [2.75, 3.05) is 13.1 Å². The topological polar surface area (TPSA) is 84.3 Å². The van der Waals surface area contributed by atoms with Crippen LogP contribution in [0.3, 0.4) is 0 Å². The van der Waals surface area contributed by atoms with Gasteiger partial charge in [-0.2, -0.15) is 0 Å². The van der Waals surface area contributed by atoms with E-state index in [9.17, 15) is 13.2 Å². The molecular weight excluding hydrogens is 432 g/mol. The standard InChI is InChI=1S/C22H32N4O3S2/c1-15-20(22(27)26-12-8-9-13-26)30-21(23-15)18-14-19(16(2)25(18)3)31(28,29)24-17-10-6-4-5-7-11-17/h14,17,24H,4-13H2,1-3H3. The number of hydrogen-bond donors (Lipinski definition) is 1. The second kappa shape index (κ2) is 9.03. The van der Waals surface area contributed by atoms with Gasteiger partial charge in [-0.05, 0) is 45.6 Å². The largest absolute Gasteiger partial charge is 0.345 e. The van der Waals surface area contributed by atoms with Crippen LogP contribution in [0.5, 0.6) is 0 Å². The third-order valence-electron chi connectivity index (χ3n) is 6.56. The Morgan fingerprint density at radius 2 is 1.74 bits per heavy atom. The quantitative estimate of drug-likeness (QED) is 0.678. The third-order valence-corrected chi connectivity index (χ3v) is 9.36. The molecule has 2 aromatic rings. The van der Waals surface area contributed by atoms with E-state index in [1.807, 2.05) is 30.4 Å². The lowest BCUT2D eigenvalue weighted by Crippen LogP contribution is -2.34. The Labute approximate surface area is 188 Å². The van der Waals surface area contributed by atoms with E-state index in [-0.39, 0.29) is 11.9 Å². The number of likely N-dealkylation sites (tertiary alicyclic amines) is 1. The summed E-state index contributed by atoms with van der Waals surface area (Å²) in [6, 6.07) is 1.71. The molecule has 3 heterocycles. The summed E-state index contributed by atoms with van der Waals surface area (Å²) >= 11 is 1.35. The highest BCUT2D eigenvalue weighted by atomic mass is 32.2. The molecule has 2 fully saturated rings. The van der Waals surface area contributed by atoms with Gasteiger partial charge in [0.25, 0.3) is 5.91 Å². The van der Waals surface area contributed by atoms with Gasteiger partial charge in [0.05, 0.1) is 11.4 Å². The van der Waals surface area contributed by atoms with Gasteiger partial charge in [0.15, 0.2) is 0 Å². The summed E-state index contributed by atoms with van der Waals surface area (Å²) in [7, 11) is -1.76.